The molecule has 3 aromatic carbocycles. The van der Waals surface area contributed by atoms with Gasteiger partial charge in [-0.2, -0.15) is 0 Å². The van der Waals surface area contributed by atoms with Gasteiger partial charge >= 0.3 is 5.97 Å². The van der Waals surface area contributed by atoms with Crippen molar-refractivity contribution in [1.82, 2.24) is 0 Å². The number of aliphatic carboxylic acids is 1. The van der Waals surface area contributed by atoms with Crippen LogP contribution in [0.15, 0.2) is 72.8 Å². The molecular weight excluding hydrogens is 392 g/mol. The molecule has 5 heteroatoms. The van der Waals surface area contributed by atoms with Gasteiger partial charge in [-0.3, -0.25) is 0 Å². The van der Waals surface area contributed by atoms with Gasteiger partial charge in [0.25, 0.3) is 0 Å². The van der Waals surface area contributed by atoms with Gasteiger partial charge in [-0.15, -0.1) is 0 Å². The van der Waals surface area contributed by atoms with Crippen LogP contribution < -0.4 is 14.2 Å². The predicted molar refractivity (Wildman–Crippen MR) is 120 cm³/mol. The SMILES string of the molecule is COc1ccc(COc2ccc(CCc3cccc(OC(C)(C)C(=O)O)c3)cc2)cc1. The molecule has 0 spiro atoms. The highest BCUT2D eigenvalue weighted by Gasteiger charge is 2.29. The van der Waals surface area contributed by atoms with Crippen molar-refractivity contribution in [3.05, 3.63) is 89.5 Å². The van der Waals surface area contributed by atoms with E-state index >= 15 is 0 Å². The molecule has 1 N–H and O–H groups in total. The fourth-order valence-corrected chi connectivity index (χ4v) is 3.03. The lowest BCUT2D eigenvalue weighted by Gasteiger charge is -2.21. The molecule has 5 nitrogen and oxygen atoms in total. The van der Waals surface area contributed by atoms with Crippen LogP contribution in [0.1, 0.15) is 30.5 Å². The highest BCUT2D eigenvalue weighted by atomic mass is 16.5. The van der Waals surface area contributed by atoms with Gasteiger partial charge in [0.2, 0.25) is 0 Å². The molecule has 3 aromatic rings. The Hall–Kier alpha value is -3.47. The molecule has 0 amide bonds. The molecule has 0 aliphatic carbocycles. The zero-order valence-electron chi connectivity index (χ0n) is 18.1. The van der Waals surface area contributed by atoms with Gasteiger partial charge in [0.15, 0.2) is 5.60 Å². The summed E-state index contributed by atoms with van der Waals surface area (Å²) in [6.45, 7) is 3.59. The van der Waals surface area contributed by atoms with Crippen molar-refractivity contribution in [3.8, 4) is 17.2 Å². The quantitative estimate of drug-likeness (QED) is 0.482. The van der Waals surface area contributed by atoms with E-state index in [-0.39, 0.29) is 0 Å². The predicted octanol–water partition coefficient (Wildman–Crippen LogP) is 5.30. The number of carbonyl (C=O) groups is 1. The van der Waals surface area contributed by atoms with E-state index in [1.807, 2.05) is 54.6 Å². The summed E-state index contributed by atoms with van der Waals surface area (Å²) in [7, 11) is 1.65. The van der Waals surface area contributed by atoms with E-state index < -0.39 is 11.6 Å². The van der Waals surface area contributed by atoms with E-state index in [1.54, 1.807) is 27.0 Å². The summed E-state index contributed by atoms with van der Waals surface area (Å²) in [6.07, 6.45) is 1.70. The maximum atomic E-state index is 11.3. The minimum absolute atomic E-state index is 0.503. The first-order valence-corrected chi connectivity index (χ1v) is 10.2. The van der Waals surface area contributed by atoms with Gasteiger partial charge in [-0.05, 0) is 79.8 Å². The summed E-state index contributed by atoms with van der Waals surface area (Å²) in [5.74, 6) is 1.22. The Morgan fingerprint density at radius 2 is 1.42 bits per heavy atom. The number of aryl methyl sites for hydroxylation is 2. The van der Waals surface area contributed by atoms with E-state index in [4.69, 9.17) is 14.2 Å². The molecule has 3 rings (SSSR count). The standard InChI is InChI=1S/C26H28O5/c1-26(2,25(27)28)31-24-6-4-5-20(17-24)8-7-19-9-15-23(16-10-19)30-18-21-11-13-22(29-3)14-12-21/h4-6,9-17H,7-8,18H2,1-3H3,(H,27,28). The van der Waals surface area contributed by atoms with Crippen molar-refractivity contribution in [2.45, 2.75) is 38.9 Å². The minimum atomic E-state index is -1.26. The molecule has 0 atom stereocenters. The molecule has 0 radical (unpaired) electrons. The average Bonchev–Trinajstić information content (AvgIpc) is 2.77. The Bertz CT molecular complexity index is 991. The third kappa shape index (κ3) is 6.51. The van der Waals surface area contributed by atoms with Crippen molar-refractivity contribution in [2.24, 2.45) is 0 Å². The van der Waals surface area contributed by atoms with E-state index in [0.717, 1.165) is 35.5 Å². The van der Waals surface area contributed by atoms with Crippen LogP contribution in [0.3, 0.4) is 0 Å². The van der Waals surface area contributed by atoms with Crippen molar-refractivity contribution in [2.75, 3.05) is 7.11 Å². The van der Waals surface area contributed by atoms with Crippen LogP contribution in [0.5, 0.6) is 17.2 Å². The van der Waals surface area contributed by atoms with Crippen molar-refractivity contribution in [1.29, 1.82) is 0 Å². The maximum absolute atomic E-state index is 11.3. The fourth-order valence-electron chi connectivity index (χ4n) is 3.03. The lowest BCUT2D eigenvalue weighted by molar-refractivity contribution is -0.152. The van der Waals surface area contributed by atoms with Crippen LogP contribution in [0, 0.1) is 0 Å². The molecule has 0 fully saturated rings. The van der Waals surface area contributed by atoms with Crippen LogP contribution >= 0.6 is 0 Å². The molecule has 0 aliphatic heterocycles. The molecule has 31 heavy (non-hydrogen) atoms. The molecule has 0 saturated heterocycles. The lowest BCUT2D eigenvalue weighted by atomic mass is 10.0. The number of ether oxygens (including phenoxy) is 3. The van der Waals surface area contributed by atoms with E-state index in [0.29, 0.717) is 12.4 Å². The molecule has 0 bridgehead atoms. The number of carboxylic acids is 1. The lowest BCUT2D eigenvalue weighted by Crippen LogP contribution is -2.37. The monoisotopic (exact) mass is 420 g/mol. The Balaban J connectivity index is 1.52. The summed E-state index contributed by atoms with van der Waals surface area (Å²) < 4.78 is 16.7. The summed E-state index contributed by atoms with van der Waals surface area (Å²) in [5, 5.41) is 9.23. The highest BCUT2D eigenvalue weighted by molar-refractivity contribution is 5.76. The van der Waals surface area contributed by atoms with Crippen LogP contribution in [0.4, 0.5) is 0 Å². The fraction of sp³-hybridized carbons (Fsp3) is 0.269. The maximum Gasteiger partial charge on any atom is 0.347 e. The number of benzene rings is 3. The largest absolute Gasteiger partial charge is 0.497 e. The Morgan fingerprint density at radius 3 is 2.06 bits per heavy atom. The number of hydrogen-bond donors (Lipinski definition) is 1. The smallest absolute Gasteiger partial charge is 0.347 e. The van der Waals surface area contributed by atoms with E-state index in [2.05, 4.69) is 12.1 Å². The highest BCUT2D eigenvalue weighted by Crippen LogP contribution is 2.22. The first-order valence-electron chi connectivity index (χ1n) is 10.2. The summed E-state index contributed by atoms with van der Waals surface area (Å²) in [5.41, 5.74) is 2.12. The van der Waals surface area contributed by atoms with Gasteiger partial charge in [0, 0.05) is 0 Å². The second-order valence-corrected chi connectivity index (χ2v) is 7.85. The number of rotatable bonds is 10. The Kier molecular flexibility index (Phi) is 7.19. The van der Waals surface area contributed by atoms with Crippen LogP contribution in [0.2, 0.25) is 0 Å². The third-order valence-corrected chi connectivity index (χ3v) is 4.98. The normalized spacial score (nSPS) is 11.1. The molecular formula is C26H28O5. The Labute approximate surface area is 183 Å². The van der Waals surface area contributed by atoms with Crippen molar-refractivity contribution in [3.63, 3.8) is 0 Å². The number of carboxylic acid groups (broad SMARTS) is 1. The van der Waals surface area contributed by atoms with E-state index in [1.165, 1.54) is 5.56 Å². The van der Waals surface area contributed by atoms with Gasteiger partial charge in [-0.25, -0.2) is 4.79 Å². The molecule has 0 heterocycles. The van der Waals surface area contributed by atoms with Gasteiger partial charge in [-0.1, -0.05) is 36.4 Å². The first-order chi connectivity index (χ1) is 14.9. The third-order valence-electron chi connectivity index (χ3n) is 4.98. The second kappa shape index (κ2) is 10.0. The topological polar surface area (TPSA) is 65.0 Å². The van der Waals surface area contributed by atoms with Crippen LogP contribution in [-0.4, -0.2) is 23.8 Å². The average molecular weight is 421 g/mol. The number of hydrogen-bond acceptors (Lipinski definition) is 4. The Morgan fingerprint density at radius 1 is 0.806 bits per heavy atom. The number of methoxy groups -OCH3 is 1. The van der Waals surface area contributed by atoms with Crippen LogP contribution in [-0.2, 0) is 24.2 Å². The molecule has 0 saturated carbocycles. The van der Waals surface area contributed by atoms with Gasteiger partial charge in [0.1, 0.15) is 23.9 Å². The minimum Gasteiger partial charge on any atom is -0.497 e. The molecule has 0 aliphatic rings. The summed E-state index contributed by atoms with van der Waals surface area (Å²) in [4.78, 5) is 11.3. The van der Waals surface area contributed by atoms with Crippen LogP contribution in [0.25, 0.3) is 0 Å². The molecule has 0 unspecified atom stereocenters. The van der Waals surface area contributed by atoms with Gasteiger partial charge < -0.3 is 19.3 Å². The van der Waals surface area contributed by atoms with Gasteiger partial charge in [0.05, 0.1) is 7.11 Å². The summed E-state index contributed by atoms with van der Waals surface area (Å²) in [6, 6.07) is 23.5. The van der Waals surface area contributed by atoms with Crippen molar-refractivity contribution < 1.29 is 24.1 Å². The zero-order chi connectivity index (χ0) is 22.3. The molecule has 0 aromatic heterocycles. The first kappa shape index (κ1) is 22.2. The van der Waals surface area contributed by atoms with Crippen molar-refractivity contribution >= 4 is 5.97 Å². The summed E-state index contributed by atoms with van der Waals surface area (Å²) >= 11 is 0. The zero-order valence-corrected chi connectivity index (χ0v) is 18.1. The molecule has 162 valence electrons. The second-order valence-electron chi connectivity index (χ2n) is 7.85. The van der Waals surface area contributed by atoms with E-state index in [9.17, 15) is 9.90 Å².